The van der Waals surface area contributed by atoms with Crippen molar-refractivity contribution in [3.63, 3.8) is 0 Å². The molecule has 160 valence electrons. The summed E-state index contributed by atoms with van der Waals surface area (Å²) in [7, 11) is 0. The van der Waals surface area contributed by atoms with E-state index in [1.165, 1.54) is 51.4 Å². The molecule has 1 fully saturated rings. The van der Waals surface area contributed by atoms with E-state index < -0.39 is 5.92 Å². The highest BCUT2D eigenvalue weighted by Gasteiger charge is 2.36. The molecule has 1 aromatic rings. The number of nitrogens with one attached hydrogen (secondary N) is 1. The fourth-order valence-corrected chi connectivity index (χ4v) is 3.82. The Kier molecular flexibility index (Phi) is 10.3. The molecule has 0 saturated carbocycles. The molecular formula is C22H38F2N4. The summed E-state index contributed by atoms with van der Waals surface area (Å²) in [6.45, 7) is 6.68. The van der Waals surface area contributed by atoms with Crippen LogP contribution >= 0.6 is 0 Å². The van der Waals surface area contributed by atoms with Gasteiger partial charge in [0.05, 0.1) is 6.04 Å². The van der Waals surface area contributed by atoms with Crippen molar-refractivity contribution >= 4 is 0 Å². The van der Waals surface area contributed by atoms with Crippen LogP contribution < -0.4 is 5.32 Å². The highest BCUT2D eigenvalue weighted by Crippen LogP contribution is 2.32. The number of nitrogens with zero attached hydrogens (tertiary/aromatic N) is 3. The largest absolute Gasteiger partial charge is 0.315 e. The number of unbranched alkanes of at least 4 members (excludes halogenated alkanes) is 7. The Morgan fingerprint density at radius 1 is 1.00 bits per heavy atom. The van der Waals surface area contributed by atoms with Gasteiger partial charge in [0.1, 0.15) is 5.82 Å². The summed E-state index contributed by atoms with van der Waals surface area (Å²) in [5.41, 5.74) is 1.01. The van der Waals surface area contributed by atoms with Gasteiger partial charge in [-0.25, -0.2) is 18.7 Å². The molecule has 0 amide bonds. The molecule has 0 radical (unpaired) electrons. The minimum atomic E-state index is -2.52. The van der Waals surface area contributed by atoms with Gasteiger partial charge in [0.15, 0.2) is 0 Å². The Labute approximate surface area is 169 Å². The molecule has 1 N–H and O–H groups in total. The molecule has 6 heteroatoms. The Balaban J connectivity index is 1.73. The van der Waals surface area contributed by atoms with Gasteiger partial charge in [-0.05, 0) is 19.9 Å². The number of alkyl halides is 2. The van der Waals surface area contributed by atoms with Crippen LogP contribution in [-0.4, -0.2) is 47.0 Å². The molecule has 1 atom stereocenters. The summed E-state index contributed by atoms with van der Waals surface area (Å²) in [4.78, 5) is 10.8. The SMILES string of the molecule is CCCCCCCCCCNC[C@H](c1cnc(C)nc1)N1CCC(F)(F)CC1. The minimum absolute atomic E-state index is 0.0609. The van der Waals surface area contributed by atoms with Crippen molar-refractivity contribution in [2.45, 2.75) is 90.0 Å². The van der Waals surface area contributed by atoms with Gasteiger partial charge in [0.2, 0.25) is 0 Å². The van der Waals surface area contributed by atoms with Gasteiger partial charge in [-0.2, -0.15) is 0 Å². The smallest absolute Gasteiger partial charge is 0.250 e. The quantitative estimate of drug-likeness (QED) is 0.460. The van der Waals surface area contributed by atoms with Crippen molar-refractivity contribution in [3.8, 4) is 0 Å². The molecule has 28 heavy (non-hydrogen) atoms. The topological polar surface area (TPSA) is 41.1 Å². The third-order valence-corrected chi connectivity index (χ3v) is 5.70. The molecule has 0 spiro atoms. The van der Waals surface area contributed by atoms with Crippen molar-refractivity contribution in [2.24, 2.45) is 0 Å². The second kappa shape index (κ2) is 12.4. The number of aromatic nitrogens is 2. The van der Waals surface area contributed by atoms with Gasteiger partial charge in [0.25, 0.3) is 5.92 Å². The maximum atomic E-state index is 13.6. The molecule has 1 aliphatic rings. The highest BCUT2D eigenvalue weighted by atomic mass is 19.3. The van der Waals surface area contributed by atoms with Gasteiger partial charge in [-0.3, -0.25) is 4.90 Å². The van der Waals surface area contributed by atoms with Crippen LogP contribution in [0.25, 0.3) is 0 Å². The first kappa shape index (κ1) is 23.1. The second-order valence-corrected chi connectivity index (χ2v) is 8.15. The van der Waals surface area contributed by atoms with Crippen LogP contribution in [0, 0.1) is 6.92 Å². The highest BCUT2D eigenvalue weighted by molar-refractivity contribution is 5.12. The molecule has 2 rings (SSSR count). The average molecular weight is 397 g/mol. The zero-order valence-electron chi connectivity index (χ0n) is 17.7. The fraction of sp³-hybridized carbons (Fsp3) is 0.818. The first-order valence-corrected chi connectivity index (χ1v) is 11.1. The molecule has 0 aliphatic carbocycles. The van der Waals surface area contributed by atoms with Crippen LogP contribution in [0.2, 0.25) is 0 Å². The van der Waals surface area contributed by atoms with Crippen molar-refractivity contribution in [1.29, 1.82) is 0 Å². The molecule has 4 nitrogen and oxygen atoms in total. The zero-order chi connectivity index (χ0) is 20.2. The van der Waals surface area contributed by atoms with E-state index in [1.807, 2.05) is 19.3 Å². The first-order chi connectivity index (χ1) is 13.5. The fourth-order valence-electron chi connectivity index (χ4n) is 3.82. The second-order valence-electron chi connectivity index (χ2n) is 8.15. The lowest BCUT2D eigenvalue weighted by molar-refractivity contribution is -0.0633. The number of rotatable bonds is 13. The van der Waals surface area contributed by atoms with Crippen LogP contribution in [0.4, 0.5) is 8.78 Å². The first-order valence-electron chi connectivity index (χ1n) is 11.1. The lowest BCUT2D eigenvalue weighted by Gasteiger charge is -2.37. The normalized spacial score (nSPS) is 18.3. The molecule has 1 saturated heterocycles. The standard InChI is InChI=1S/C22H38F2N4/c1-3-4-5-6-7-8-9-10-13-25-18-21(20-16-26-19(2)27-17-20)28-14-11-22(23,24)12-15-28/h16-17,21,25H,3-15,18H2,1-2H3/t21-/m1/s1. The Hall–Kier alpha value is -1.14. The maximum absolute atomic E-state index is 13.6. The lowest BCUT2D eigenvalue weighted by Crippen LogP contribution is -2.44. The number of likely N-dealkylation sites (tertiary alicyclic amines) is 1. The number of hydrogen-bond acceptors (Lipinski definition) is 4. The summed E-state index contributed by atoms with van der Waals surface area (Å²) >= 11 is 0. The molecule has 1 aliphatic heterocycles. The number of hydrogen-bond donors (Lipinski definition) is 1. The van der Waals surface area contributed by atoms with Crippen molar-refractivity contribution in [3.05, 3.63) is 23.8 Å². The van der Waals surface area contributed by atoms with Gasteiger partial charge in [0, 0.05) is 50.4 Å². The predicted octanol–water partition coefficient (Wildman–Crippen LogP) is 5.29. The molecule has 2 heterocycles. The summed E-state index contributed by atoms with van der Waals surface area (Å²) < 4.78 is 27.1. The van der Waals surface area contributed by atoms with Crippen LogP contribution in [0.15, 0.2) is 12.4 Å². The monoisotopic (exact) mass is 396 g/mol. The van der Waals surface area contributed by atoms with E-state index in [9.17, 15) is 8.78 Å². The van der Waals surface area contributed by atoms with E-state index in [1.54, 1.807) is 0 Å². The van der Waals surface area contributed by atoms with Crippen LogP contribution in [0.5, 0.6) is 0 Å². The van der Waals surface area contributed by atoms with E-state index in [2.05, 4.69) is 27.1 Å². The summed E-state index contributed by atoms with van der Waals surface area (Å²) in [5.74, 6) is -1.78. The van der Waals surface area contributed by atoms with Crippen LogP contribution in [0.1, 0.15) is 88.6 Å². The predicted molar refractivity (Wildman–Crippen MR) is 111 cm³/mol. The Morgan fingerprint density at radius 3 is 2.18 bits per heavy atom. The summed E-state index contributed by atoms with van der Waals surface area (Å²) in [6.07, 6.45) is 14.0. The molecule has 0 aromatic carbocycles. The summed E-state index contributed by atoms with van der Waals surface area (Å²) in [6, 6.07) is 0.0609. The van der Waals surface area contributed by atoms with Crippen LogP contribution in [-0.2, 0) is 0 Å². The zero-order valence-corrected chi connectivity index (χ0v) is 17.7. The number of aryl methyl sites for hydroxylation is 1. The Bertz CT molecular complexity index is 526. The van der Waals surface area contributed by atoms with Gasteiger partial charge in [-0.1, -0.05) is 51.9 Å². The Morgan fingerprint density at radius 2 is 1.57 bits per heavy atom. The van der Waals surface area contributed by atoms with E-state index in [-0.39, 0.29) is 18.9 Å². The number of halogens is 2. The van der Waals surface area contributed by atoms with Crippen molar-refractivity contribution in [2.75, 3.05) is 26.2 Å². The number of piperidine rings is 1. The molecule has 0 unspecified atom stereocenters. The van der Waals surface area contributed by atoms with E-state index in [0.717, 1.165) is 24.5 Å². The third-order valence-electron chi connectivity index (χ3n) is 5.70. The molecular weight excluding hydrogens is 358 g/mol. The maximum Gasteiger partial charge on any atom is 0.250 e. The summed E-state index contributed by atoms with van der Waals surface area (Å²) in [5, 5.41) is 3.54. The van der Waals surface area contributed by atoms with E-state index in [4.69, 9.17) is 0 Å². The average Bonchev–Trinajstić information content (AvgIpc) is 2.68. The van der Waals surface area contributed by atoms with Crippen molar-refractivity contribution < 1.29 is 8.78 Å². The minimum Gasteiger partial charge on any atom is -0.315 e. The van der Waals surface area contributed by atoms with Gasteiger partial charge >= 0.3 is 0 Å². The van der Waals surface area contributed by atoms with Crippen molar-refractivity contribution in [1.82, 2.24) is 20.2 Å². The van der Waals surface area contributed by atoms with Gasteiger partial charge in [-0.15, -0.1) is 0 Å². The molecule has 1 aromatic heterocycles. The van der Waals surface area contributed by atoms with E-state index in [0.29, 0.717) is 13.1 Å². The van der Waals surface area contributed by atoms with E-state index >= 15 is 0 Å². The molecule has 0 bridgehead atoms. The third kappa shape index (κ3) is 8.48. The van der Waals surface area contributed by atoms with Gasteiger partial charge < -0.3 is 5.32 Å². The van der Waals surface area contributed by atoms with Crippen LogP contribution in [0.3, 0.4) is 0 Å². The lowest BCUT2D eigenvalue weighted by atomic mass is 10.0.